The fraction of sp³-hybridized carbons (Fsp3) is 0.267. The monoisotopic (exact) mass is 253 g/mol. The molecule has 1 N–H and O–H groups in total. The smallest absolute Gasteiger partial charge is 0.257 e. The SMILES string of the molecule is CN1C(=O)C2(NCCn3cccc32)c2ccccc21. The molecule has 4 heteroatoms. The number of likely N-dealkylation sites (N-methyl/N-ethyl adjacent to an activating group) is 1. The van der Waals surface area contributed by atoms with Gasteiger partial charge in [-0.2, -0.15) is 0 Å². The van der Waals surface area contributed by atoms with E-state index in [1.54, 1.807) is 4.90 Å². The molecule has 4 rings (SSSR count). The van der Waals surface area contributed by atoms with Crippen LogP contribution in [0.3, 0.4) is 0 Å². The standard InChI is InChI=1S/C15H15N3O/c1-17-12-6-3-2-5-11(12)15(14(17)19)13-7-4-9-18(13)10-8-16-15/h2-7,9,16H,8,10H2,1H3. The van der Waals surface area contributed by atoms with Gasteiger partial charge in [-0.05, 0) is 18.2 Å². The van der Waals surface area contributed by atoms with E-state index in [2.05, 4.69) is 9.88 Å². The van der Waals surface area contributed by atoms with Gasteiger partial charge in [-0.1, -0.05) is 18.2 Å². The van der Waals surface area contributed by atoms with Crippen LogP contribution in [0.1, 0.15) is 11.3 Å². The van der Waals surface area contributed by atoms with Gasteiger partial charge in [0.1, 0.15) is 0 Å². The molecule has 1 spiro atoms. The fourth-order valence-corrected chi connectivity index (χ4v) is 3.38. The summed E-state index contributed by atoms with van der Waals surface area (Å²) in [6, 6.07) is 12.1. The Balaban J connectivity index is 2.05. The predicted octanol–water partition coefficient (Wildman–Crippen LogP) is 1.31. The van der Waals surface area contributed by atoms with Crippen LogP contribution in [-0.4, -0.2) is 24.1 Å². The van der Waals surface area contributed by atoms with Gasteiger partial charge in [0.15, 0.2) is 5.54 Å². The summed E-state index contributed by atoms with van der Waals surface area (Å²) in [5, 5.41) is 3.46. The first kappa shape index (κ1) is 10.8. The van der Waals surface area contributed by atoms with Crippen LogP contribution in [-0.2, 0) is 16.9 Å². The Bertz CT molecular complexity index is 676. The lowest BCUT2D eigenvalue weighted by atomic mass is 9.86. The fourth-order valence-electron chi connectivity index (χ4n) is 3.38. The Labute approximate surface area is 111 Å². The van der Waals surface area contributed by atoms with Crippen molar-refractivity contribution < 1.29 is 4.79 Å². The van der Waals surface area contributed by atoms with E-state index in [9.17, 15) is 4.79 Å². The average molecular weight is 253 g/mol. The van der Waals surface area contributed by atoms with Crippen LogP contribution >= 0.6 is 0 Å². The Morgan fingerprint density at radius 3 is 2.95 bits per heavy atom. The quantitative estimate of drug-likeness (QED) is 0.768. The van der Waals surface area contributed by atoms with Gasteiger partial charge >= 0.3 is 0 Å². The number of rotatable bonds is 0. The van der Waals surface area contributed by atoms with Crippen LogP contribution in [0.4, 0.5) is 5.69 Å². The molecule has 2 aliphatic rings. The molecule has 3 heterocycles. The molecule has 1 aromatic carbocycles. The Kier molecular flexibility index (Phi) is 1.98. The first-order valence-electron chi connectivity index (χ1n) is 6.53. The topological polar surface area (TPSA) is 37.3 Å². The second-order valence-corrected chi connectivity index (χ2v) is 5.14. The first-order valence-corrected chi connectivity index (χ1v) is 6.53. The van der Waals surface area contributed by atoms with Gasteiger partial charge in [0, 0.05) is 37.6 Å². The molecule has 0 bridgehead atoms. The third-order valence-corrected chi connectivity index (χ3v) is 4.25. The average Bonchev–Trinajstić information content (AvgIpc) is 3.00. The molecular weight excluding hydrogens is 238 g/mol. The zero-order valence-corrected chi connectivity index (χ0v) is 10.8. The van der Waals surface area contributed by atoms with Crippen molar-refractivity contribution in [2.75, 3.05) is 18.5 Å². The Morgan fingerprint density at radius 2 is 2.05 bits per heavy atom. The number of carbonyl (C=O) groups is 1. The minimum Gasteiger partial charge on any atom is -0.348 e. The van der Waals surface area contributed by atoms with Gasteiger partial charge in [0.25, 0.3) is 5.91 Å². The van der Waals surface area contributed by atoms with Crippen molar-refractivity contribution in [3.05, 3.63) is 53.9 Å². The number of nitrogens with one attached hydrogen (secondary N) is 1. The van der Waals surface area contributed by atoms with Gasteiger partial charge in [-0.25, -0.2) is 0 Å². The van der Waals surface area contributed by atoms with E-state index in [4.69, 9.17) is 0 Å². The van der Waals surface area contributed by atoms with Crippen molar-refractivity contribution in [3.63, 3.8) is 0 Å². The number of amides is 1. The molecule has 1 atom stereocenters. The largest absolute Gasteiger partial charge is 0.348 e. The Morgan fingerprint density at radius 1 is 1.21 bits per heavy atom. The maximum Gasteiger partial charge on any atom is 0.257 e. The molecule has 2 aromatic rings. The van der Waals surface area contributed by atoms with Gasteiger partial charge < -0.3 is 9.47 Å². The zero-order valence-electron chi connectivity index (χ0n) is 10.8. The highest BCUT2D eigenvalue weighted by molar-refractivity contribution is 6.09. The predicted molar refractivity (Wildman–Crippen MR) is 73.1 cm³/mol. The summed E-state index contributed by atoms with van der Waals surface area (Å²) in [6.07, 6.45) is 2.05. The number of fused-ring (bicyclic) bond motifs is 4. The van der Waals surface area contributed by atoms with Crippen molar-refractivity contribution >= 4 is 11.6 Å². The number of benzene rings is 1. The lowest BCUT2D eigenvalue weighted by Crippen LogP contribution is -2.55. The molecule has 1 aromatic heterocycles. The van der Waals surface area contributed by atoms with Crippen molar-refractivity contribution in [1.29, 1.82) is 0 Å². The first-order chi connectivity index (χ1) is 9.25. The van der Waals surface area contributed by atoms with E-state index < -0.39 is 5.54 Å². The number of aromatic nitrogens is 1. The van der Waals surface area contributed by atoms with Gasteiger partial charge in [-0.3, -0.25) is 10.1 Å². The minimum absolute atomic E-state index is 0.105. The number of carbonyl (C=O) groups excluding carboxylic acids is 1. The third-order valence-electron chi connectivity index (χ3n) is 4.25. The normalized spacial score (nSPS) is 24.7. The van der Waals surface area contributed by atoms with Crippen molar-refractivity contribution in [3.8, 4) is 0 Å². The molecule has 19 heavy (non-hydrogen) atoms. The molecule has 0 saturated carbocycles. The minimum atomic E-state index is -0.701. The van der Waals surface area contributed by atoms with Crippen LogP contribution in [0.15, 0.2) is 42.6 Å². The van der Waals surface area contributed by atoms with Crippen molar-refractivity contribution in [2.24, 2.45) is 0 Å². The number of hydrogen-bond donors (Lipinski definition) is 1. The van der Waals surface area contributed by atoms with E-state index in [-0.39, 0.29) is 5.91 Å². The summed E-state index contributed by atoms with van der Waals surface area (Å²) in [7, 11) is 1.85. The second-order valence-electron chi connectivity index (χ2n) is 5.14. The maximum absolute atomic E-state index is 12.8. The van der Waals surface area contributed by atoms with Crippen molar-refractivity contribution in [1.82, 2.24) is 9.88 Å². The number of nitrogens with zero attached hydrogens (tertiary/aromatic N) is 2. The lowest BCUT2D eigenvalue weighted by molar-refractivity contribution is -0.123. The van der Waals surface area contributed by atoms with Crippen LogP contribution < -0.4 is 10.2 Å². The highest BCUT2D eigenvalue weighted by atomic mass is 16.2. The van der Waals surface area contributed by atoms with E-state index in [0.29, 0.717) is 0 Å². The van der Waals surface area contributed by atoms with E-state index in [1.165, 1.54) is 0 Å². The molecule has 1 unspecified atom stereocenters. The number of anilines is 1. The van der Waals surface area contributed by atoms with Crippen LogP contribution in [0, 0.1) is 0 Å². The third kappa shape index (κ3) is 1.15. The number of hydrogen-bond acceptors (Lipinski definition) is 2. The molecule has 0 saturated heterocycles. The summed E-state index contributed by atoms with van der Waals surface area (Å²) in [5.74, 6) is 0.105. The highest BCUT2D eigenvalue weighted by Gasteiger charge is 2.53. The van der Waals surface area contributed by atoms with E-state index in [1.807, 2.05) is 49.6 Å². The van der Waals surface area contributed by atoms with Gasteiger partial charge in [0.2, 0.25) is 0 Å². The Hall–Kier alpha value is -2.07. The molecular formula is C15H15N3O. The molecule has 0 fully saturated rings. The van der Waals surface area contributed by atoms with Crippen LogP contribution in [0.2, 0.25) is 0 Å². The van der Waals surface area contributed by atoms with Crippen LogP contribution in [0.25, 0.3) is 0 Å². The molecule has 96 valence electrons. The van der Waals surface area contributed by atoms with Gasteiger partial charge in [-0.15, -0.1) is 0 Å². The summed E-state index contributed by atoms with van der Waals surface area (Å²) in [6.45, 7) is 1.71. The van der Waals surface area contributed by atoms with E-state index in [0.717, 1.165) is 30.0 Å². The molecule has 1 amide bonds. The molecule has 4 nitrogen and oxygen atoms in total. The van der Waals surface area contributed by atoms with Gasteiger partial charge in [0.05, 0.1) is 5.69 Å². The summed E-state index contributed by atoms with van der Waals surface area (Å²) >= 11 is 0. The van der Waals surface area contributed by atoms with Crippen LogP contribution in [0.5, 0.6) is 0 Å². The summed E-state index contributed by atoms with van der Waals surface area (Å²) in [4.78, 5) is 14.6. The maximum atomic E-state index is 12.8. The zero-order chi connectivity index (χ0) is 13.0. The van der Waals surface area contributed by atoms with Crippen molar-refractivity contribution in [2.45, 2.75) is 12.1 Å². The summed E-state index contributed by atoms with van der Waals surface area (Å²) in [5.41, 5.74) is 2.39. The summed E-state index contributed by atoms with van der Waals surface area (Å²) < 4.78 is 2.17. The lowest BCUT2D eigenvalue weighted by Gasteiger charge is -2.35. The highest BCUT2D eigenvalue weighted by Crippen LogP contribution is 2.44. The second kappa shape index (κ2) is 3.48. The molecule has 0 radical (unpaired) electrons. The molecule has 0 aliphatic carbocycles. The molecule has 2 aliphatic heterocycles. The van der Waals surface area contributed by atoms with E-state index >= 15 is 0 Å². The number of para-hydroxylation sites is 1.